The van der Waals surface area contributed by atoms with Gasteiger partial charge in [-0.25, -0.2) is 0 Å². The molecule has 2 heterocycles. The van der Waals surface area contributed by atoms with E-state index in [1.807, 2.05) is 18.2 Å². The molecule has 0 spiro atoms. The number of aryl methyl sites for hydroxylation is 1. The summed E-state index contributed by atoms with van der Waals surface area (Å²) in [6.07, 6.45) is 4.44. The van der Waals surface area contributed by atoms with Crippen LogP contribution >= 0.6 is 0 Å². The zero-order valence-corrected chi connectivity index (χ0v) is 12.8. The molecule has 1 aromatic rings. The molecular formula is C17H25N3O. The summed E-state index contributed by atoms with van der Waals surface area (Å²) in [7, 11) is 0. The van der Waals surface area contributed by atoms with E-state index in [0.717, 1.165) is 25.1 Å². The van der Waals surface area contributed by atoms with Crippen LogP contribution in [0.3, 0.4) is 0 Å². The number of carbonyl (C=O) groups excluding carboxylic acids is 1. The standard InChI is InChI=1S/C17H25N3O/c1-13(12-20-10-4-5-11-20)18-16-9-8-14-6-2-3-7-15(14)19-17(16)21/h2-3,6-7,13,16,18H,4-5,8-12H2,1H3,(H,19,21). The molecule has 0 aliphatic carbocycles. The Labute approximate surface area is 126 Å². The number of hydrogen-bond donors (Lipinski definition) is 2. The molecule has 0 radical (unpaired) electrons. The maximum absolute atomic E-state index is 12.4. The number of anilines is 1. The molecule has 114 valence electrons. The van der Waals surface area contributed by atoms with Crippen molar-refractivity contribution >= 4 is 11.6 Å². The van der Waals surface area contributed by atoms with Crippen molar-refractivity contribution in [2.75, 3.05) is 25.0 Å². The summed E-state index contributed by atoms with van der Waals surface area (Å²) in [6.45, 7) is 5.63. The summed E-state index contributed by atoms with van der Waals surface area (Å²) in [5.74, 6) is 0.105. The first kappa shape index (κ1) is 14.5. The Morgan fingerprint density at radius 3 is 2.90 bits per heavy atom. The normalized spacial score (nSPS) is 24.2. The summed E-state index contributed by atoms with van der Waals surface area (Å²) in [6, 6.07) is 8.36. The summed E-state index contributed by atoms with van der Waals surface area (Å²) < 4.78 is 0. The Balaban J connectivity index is 1.57. The zero-order chi connectivity index (χ0) is 14.7. The molecule has 3 rings (SSSR count). The quantitative estimate of drug-likeness (QED) is 0.890. The Hall–Kier alpha value is -1.39. The van der Waals surface area contributed by atoms with Gasteiger partial charge < -0.3 is 15.5 Å². The van der Waals surface area contributed by atoms with Crippen molar-refractivity contribution in [3.63, 3.8) is 0 Å². The molecule has 1 saturated heterocycles. The zero-order valence-electron chi connectivity index (χ0n) is 12.8. The molecular weight excluding hydrogens is 262 g/mol. The molecule has 2 N–H and O–H groups in total. The van der Waals surface area contributed by atoms with Gasteiger partial charge in [0.05, 0.1) is 6.04 Å². The molecule has 2 unspecified atom stereocenters. The summed E-state index contributed by atoms with van der Waals surface area (Å²) in [4.78, 5) is 14.8. The van der Waals surface area contributed by atoms with Crippen LogP contribution in [0.4, 0.5) is 5.69 Å². The minimum atomic E-state index is -0.0880. The SMILES string of the molecule is CC(CN1CCCC1)NC1CCc2ccccc2NC1=O. The molecule has 2 aliphatic rings. The molecule has 1 aromatic carbocycles. The Kier molecular flexibility index (Phi) is 4.56. The lowest BCUT2D eigenvalue weighted by molar-refractivity contribution is -0.118. The van der Waals surface area contributed by atoms with Crippen molar-refractivity contribution in [1.29, 1.82) is 0 Å². The molecule has 1 amide bonds. The minimum absolute atomic E-state index is 0.0880. The highest BCUT2D eigenvalue weighted by molar-refractivity contribution is 5.96. The number of benzene rings is 1. The third kappa shape index (κ3) is 3.63. The number of fused-ring (bicyclic) bond motifs is 1. The first-order valence-electron chi connectivity index (χ1n) is 8.09. The fourth-order valence-electron chi connectivity index (χ4n) is 3.42. The largest absolute Gasteiger partial charge is 0.324 e. The van der Waals surface area contributed by atoms with Gasteiger partial charge in [-0.1, -0.05) is 18.2 Å². The first-order valence-corrected chi connectivity index (χ1v) is 8.09. The summed E-state index contributed by atoms with van der Waals surface area (Å²) in [5, 5.41) is 6.57. The Morgan fingerprint density at radius 2 is 2.10 bits per heavy atom. The van der Waals surface area contributed by atoms with Gasteiger partial charge in [0.1, 0.15) is 0 Å². The van der Waals surface area contributed by atoms with E-state index in [1.54, 1.807) is 0 Å². The lowest BCUT2D eigenvalue weighted by Gasteiger charge is -2.25. The van der Waals surface area contributed by atoms with Crippen LogP contribution in [0.1, 0.15) is 31.7 Å². The van der Waals surface area contributed by atoms with Crippen LogP contribution < -0.4 is 10.6 Å². The lowest BCUT2D eigenvalue weighted by Crippen LogP contribution is -2.48. The van der Waals surface area contributed by atoms with Gasteiger partial charge in [0, 0.05) is 18.3 Å². The van der Waals surface area contributed by atoms with Crippen LogP contribution in [-0.4, -0.2) is 42.5 Å². The summed E-state index contributed by atoms with van der Waals surface area (Å²) >= 11 is 0. The van der Waals surface area contributed by atoms with Gasteiger partial charge in [-0.3, -0.25) is 4.79 Å². The van der Waals surface area contributed by atoms with Gasteiger partial charge in [0.2, 0.25) is 5.91 Å². The number of likely N-dealkylation sites (tertiary alicyclic amines) is 1. The van der Waals surface area contributed by atoms with E-state index in [-0.39, 0.29) is 11.9 Å². The molecule has 1 fully saturated rings. The Morgan fingerprint density at radius 1 is 1.33 bits per heavy atom. The number of nitrogens with one attached hydrogen (secondary N) is 2. The second-order valence-electron chi connectivity index (χ2n) is 6.31. The fourth-order valence-corrected chi connectivity index (χ4v) is 3.42. The molecule has 4 heteroatoms. The number of carbonyl (C=O) groups is 1. The molecule has 2 aliphatic heterocycles. The van der Waals surface area contributed by atoms with Gasteiger partial charge in [-0.15, -0.1) is 0 Å². The van der Waals surface area contributed by atoms with E-state index in [1.165, 1.54) is 31.5 Å². The van der Waals surface area contributed by atoms with Crippen molar-refractivity contribution in [1.82, 2.24) is 10.2 Å². The second kappa shape index (κ2) is 6.58. The maximum atomic E-state index is 12.4. The predicted molar refractivity (Wildman–Crippen MR) is 85.5 cm³/mol. The highest BCUT2D eigenvalue weighted by Crippen LogP contribution is 2.21. The van der Waals surface area contributed by atoms with E-state index in [0.29, 0.717) is 6.04 Å². The van der Waals surface area contributed by atoms with Crippen molar-refractivity contribution in [3.05, 3.63) is 29.8 Å². The number of nitrogens with zero attached hydrogens (tertiary/aromatic N) is 1. The van der Waals surface area contributed by atoms with Crippen molar-refractivity contribution < 1.29 is 4.79 Å². The molecule has 0 bridgehead atoms. The summed E-state index contributed by atoms with van der Waals surface area (Å²) in [5.41, 5.74) is 2.21. The van der Waals surface area contributed by atoms with E-state index < -0.39 is 0 Å². The van der Waals surface area contributed by atoms with E-state index in [4.69, 9.17) is 0 Å². The number of hydrogen-bond acceptors (Lipinski definition) is 3. The molecule has 21 heavy (non-hydrogen) atoms. The number of para-hydroxylation sites is 1. The molecule has 0 aromatic heterocycles. The second-order valence-corrected chi connectivity index (χ2v) is 6.31. The van der Waals surface area contributed by atoms with Gasteiger partial charge in [-0.2, -0.15) is 0 Å². The number of amides is 1. The molecule has 2 atom stereocenters. The topological polar surface area (TPSA) is 44.4 Å². The van der Waals surface area contributed by atoms with Crippen LogP contribution in [-0.2, 0) is 11.2 Å². The molecule has 0 saturated carbocycles. The predicted octanol–water partition coefficient (Wildman–Crippen LogP) is 2.01. The smallest absolute Gasteiger partial charge is 0.241 e. The lowest BCUT2D eigenvalue weighted by atomic mass is 10.1. The maximum Gasteiger partial charge on any atom is 0.241 e. The van der Waals surface area contributed by atoms with Crippen LogP contribution in [0.25, 0.3) is 0 Å². The highest BCUT2D eigenvalue weighted by atomic mass is 16.2. The van der Waals surface area contributed by atoms with Crippen LogP contribution in [0, 0.1) is 0 Å². The van der Waals surface area contributed by atoms with Gasteiger partial charge >= 0.3 is 0 Å². The number of rotatable bonds is 4. The average Bonchev–Trinajstić information content (AvgIpc) is 2.91. The van der Waals surface area contributed by atoms with Gasteiger partial charge in [0.25, 0.3) is 0 Å². The Bertz CT molecular complexity index is 497. The van der Waals surface area contributed by atoms with Crippen LogP contribution in [0.15, 0.2) is 24.3 Å². The first-order chi connectivity index (χ1) is 10.2. The minimum Gasteiger partial charge on any atom is -0.324 e. The van der Waals surface area contributed by atoms with Gasteiger partial charge in [0.15, 0.2) is 0 Å². The van der Waals surface area contributed by atoms with Crippen molar-refractivity contribution in [2.45, 2.75) is 44.7 Å². The monoisotopic (exact) mass is 287 g/mol. The highest BCUT2D eigenvalue weighted by Gasteiger charge is 2.25. The van der Waals surface area contributed by atoms with Crippen LogP contribution in [0.2, 0.25) is 0 Å². The van der Waals surface area contributed by atoms with Crippen molar-refractivity contribution in [3.8, 4) is 0 Å². The molecule has 4 nitrogen and oxygen atoms in total. The van der Waals surface area contributed by atoms with Gasteiger partial charge in [-0.05, 0) is 57.3 Å². The third-order valence-electron chi connectivity index (χ3n) is 4.51. The van der Waals surface area contributed by atoms with Crippen LogP contribution in [0.5, 0.6) is 0 Å². The average molecular weight is 287 g/mol. The van der Waals surface area contributed by atoms with Crippen molar-refractivity contribution in [2.24, 2.45) is 0 Å². The third-order valence-corrected chi connectivity index (χ3v) is 4.51. The van der Waals surface area contributed by atoms with E-state index >= 15 is 0 Å². The van der Waals surface area contributed by atoms with E-state index in [2.05, 4.69) is 28.5 Å². The fraction of sp³-hybridized carbons (Fsp3) is 0.588. The van der Waals surface area contributed by atoms with E-state index in [9.17, 15) is 4.79 Å².